The second kappa shape index (κ2) is 9.98. The summed E-state index contributed by atoms with van der Waals surface area (Å²) in [4.78, 5) is 41.8. The molecule has 0 aliphatic rings. The first-order valence-electron chi connectivity index (χ1n) is 9.56. The Kier molecular flexibility index (Phi) is 7.93. The van der Waals surface area contributed by atoms with Crippen LogP contribution in [0.2, 0.25) is 10.0 Å². The number of anilines is 2. The molecule has 0 saturated carbocycles. The van der Waals surface area contributed by atoms with Gasteiger partial charge in [-0.05, 0) is 37.0 Å². The predicted octanol–water partition coefficient (Wildman–Crippen LogP) is 3.92. The third-order valence-corrected chi connectivity index (χ3v) is 5.10. The zero-order chi connectivity index (χ0) is 21.7. The molecule has 0 spiro atoms. The Bertz CT molecular complexity index is 998. The highest BCUT2D eigenvalue weighted by atomic mass is 35.5. The first kappa shape index (κ1) is 23.0. The fraction of sp³-hybridized carbons (Fsp3) is 0.450. The number of aromatic amines is 1. The van der Waals surface area contributed by atoms with Crippen molar-refractivity contribution >= 4 is 40.6 Å². The Balaban J connectivity index is 2.62. The van der Waals surface area contributed by atoms with Crippen molar-refractivity contribution in [2.24, 2.45) is 5.92 Å². The lowest BCUT2D eigenvalue weighted by molar-refractivity contribution is 0.0985. The maximum Gasteiger partial charge on any atom is 0.330 e. The van der Waals surface area contributed by atoms with E-state index in [2.05, 4.69) is 4.98 Å². The molecule has 0 fully saturated rings. The van der Waals surface area contributed by atoms with Crippen molar-refractivity contribution in [1.29, 1.82) is 0 Å². The van der Waals surface area contributed by atoms with Crippen LogP contribution in [0.5, 0.6) is 0 Å². The molecule has 0 saturated heterocycles. The first-order valence-corrected chi connectivity index (χ1v) is 10.3. The average Bonchev–Trinajstić information content (AvgIpc) is 2.63. The molecule has 0 aliphatic carbocycles. The van der Waals surface area contributed by atoms with E-state index in [1.54, 1.807) is 6.07 Å². The Morgan fingerprint density at radius 2 is 1.97 bits per heavy atom. The SMILES string of the molecule is CCCCn1c(N)c(N(CCC(C)C)C(=O)c2ccc(Cl)cc2Cl)c(=O)[nH]c1=O. The van der Waals surface area contributed by atoms with Crippen LogP contribution in [0.15, 0.2) is 27.8 Å². The average molecular weight is 441 g/mol. The molecule has 1 aromatic carbocycles. The number of halogens is 2. The molecule has 2 rings (SSSR count). The number of carbonyl (C=O) groups is 1. The maximum atomic E-state index is 13.3. The Morgan fingerprint density at radius 1 is 1.28 bits per heavy atom. The van der Waals surface area contributed by atoms with Crippen molar-refractivity contribution in [1.82, 2.24) is 9.55 Å². The molecule has 0 unspecified atom stereocenters. The number of nitrogens with zero attached hydrogens (tertiary/aromatic N) is 2. The molecule has 0 bridgehead atoms. The van der Waals surface area contributed by atoms with Gasteiger partial charge in [-0.15, -0.1) is 0 Å². The van der Waals surface area contributed by atoms with Crippen LogP contribution in [0.25, 0.3) is 0 Å². The summed E-state index contributed by atoms with van der Waals surface area (Å²) in [6, 6.07) is 4.52. The molecule has 29 heavy (non-hydrogen) atoms. The van der Waals surface area contributed by atoms with Gasteiger partial charge in [0.05, 0.1) is 10.6 Å². The zero-order valence-corrected chi connectivity index (χ0v) is 18.3. The van der Waals surface area contributed by atoms with Gasteiger partial charge in [-0.1, -0.05) is 50.4 Å². The van der Waals surface area contributed by atoms with Crippen LogP contribution in [0.3, 0.4) is 0 Å². The van der Waals surface area contributed by atoms with Gasteiger partial charge in [-0.2, -0.15) is 0 Å². The van der Waals surface area contributed by atoms with E-state index in [-0.39, 0.29) is 34.6 Å². The highest BCUT2D eigenvalue weighted by Gasteiger charge is 2.26. The molecule has 1 heterocycles. The van der Waals surface area contributed by atoms with Crippen molar-refractivity contribution in [3.8, 4) is 0 Å². The molecular formula is C20H26Cl2N4O3. The van der Waals surface area contributed by atoms with Gasteiger partial charge < -0.3 is 10.6 Å². The number of hydrogen-bond donors (Lipinski definition) is 2. The normalized spacial score (nSPS) is 11.1. The number of carbonyl (C=O) groups excluding carboxylic acids is 1. The van der Waals surface area contributed by atoms with Gasteiger partial charge in [-0.25, -0.2) is 4.79 Å². The van der Waals surface area contributed by atoms with E-state index in [0.29, 0.717) is 24.4 Å². The minimum atomic E-state index is -0.706. The summed E-state index contributed by atoms with van der Waals surface area (Å²) in [5, 5.41) is 0.567. The van der Waals surface area contributed by atoms with Crippen molar-refractivity contribution in [2.75, 3.05) is 17.2 Å². The molecule has 0 radical (unpaired) electrons. The topological polar surface area (TPSA) is 101 Å². The maximum absolute atomic E-state index is 13.3. The molecule has 9 heteroatoms. The largest absolute Gasteiger partial charge is 0.383 e. The van der Waals surface area contributed by atoms with Crippen LogP contribution in [0.4, 0.5) is 11.5 Å². The molecule has 158 valence electrons. The first-order chi connectivity index (χ1) is 13.7. The number of rotatable bonds is 8. The Morgan fingerprint density at radius 3 is 2.55 bits per heavy atom. The number of unbranched alkanes of at least 4 members (excludes halogenated alkanes) is 1. The standard InChI is InChI=1S/C20H26Cl2N4O3/c1-4-5-9-26-17(23)16(18(27)24-20(26)29)25(10-8-12(2)3)19(28)14-7-6-13(21)11-15(14)22/h6-7,11-12H,4-5,8-10,23H2,1-3H3,(H,24,27,29). The number of aromatic nitrogens is 2. The van der Waals surface area contributed by atoms with Crippen LogP contribution in [0.1, 0.15) is 50.4 Å². The van der Waals surface area contributed by atoms with Gasteiger partial charge in [0.25, 0.3) is 11.5 Å². The Hall–Kier alpha value is -2.25. The number of hydrogen-bond acceptors (Lipinski definition) is 4. The second-order valence-corrected chi connectivity index (χ2v) is 8.11. The van der Waals surface area contributed by atoms with Gasteiger partial charge in [0.15, 0.2) is 5.69 Å². The van der Waals surface area contributed by atoms with Crippen molar-refractivity contribution < 1.29 is 4.79 Å². The summed E-state index contributed by atoms with van der Waals surface area (Å²) in [6.07, 6.45) is 2.18. The van der Waals surface area contributed by atoms with Crippen LogP contribution in [-0.4, -0.2) is 22.0 Å². The lowest BCUT2D eigenvalue weighted by Gasteiger charge is -2.25. The third-order valence-electron chi connectivity index (χ3n) is 4.56. The van der Waals surface area contributed by atoms with E-state index >= 15 is 0 Å². The fourth-order valence-electron chi connectivity index (χ4n) is 2.89. The van der Waals surface area contributed by atoms with Crippen LogP contribution in [-0.2, 0) is 6.54 Å². The number of H-pyrrole nitrogens is 1. The molecule has 0 atom stereocenters. The minimum Gasteiger partial charge on any atom is -0.383 e. The van der Waals surface area contributed by atoms with Crippen LogP contribution >= 0.6 is 23.2 Å². The third kappa shape index (κ3) is 5.42. The van der Waals surface area contributed by atoms with E-state index in [4.69, 9.17) is 28.9 Å². The van der Waals surface area contributed by atoms with Gasteiger partial charge in [0.2, 0.25) is 0 Å². The van der Waals surface area contributed by atoms with Gasteiger partial charge in [0.1, 0.15) is 5.82 Å². The molecular weight excluding hydrogens is 415 g/mol. The summed E-state index contributed by atoms with van der Waals surface area (Å²) in [5.74, 6) is -0.239. The van der Waals surface area contributed by atoms with Gasteiger partial charge in [0, 0.05) is 18.1 Å². The lowest BCUT2D eigenvalue weighted by Crippen LogP contribution is -2.42. The highest BCUT2D eigenvalue weighted by molar-refractivity contribution is 6.37. The minimum absolute atomic E-state index is 0.0330. The summed E-state index contributed by atoms with van der Waals surface area (Å²) in [6.45, 7) is 6.59. The predicted molar refractivity (Wildman–Crippen MR) is 118 cm³/mol. The molecule has 1 aromatic heterocycles. The van der Waals surface area contributed by atoms with Gasteiger partial charge >= 0.3 is 5.69 Å². The number of nitrogen functional groups attached to an aromatic ring is 1. The van der Waals surface area contributed by atoms with E-state index in [1.807, 2.05) is 20.8 Å². The number of nitrogens with one attached hydrogen (secondary N) is 1. The number of benzene rings is 1. The van der Waals surface area contributed by atoms with Crippen molar-refractivity contribution in [3.63, 3.8) is 0 Å². The van der Waals surface area contributed by atoms with Crippen molar-refractivity contribution in [3.05, 3.63) is 54.6 Å². The van der Waals surface area contributed by atoms with E-state index in [0.717, 1.165) is 6.42 Å². The lowest BCUT2D eigenvalue weighted by atomic mass is 10.1. The molecule has 3 N–H and O–H groups in total. The van der Waals surface area contributed by atoms with Crippen LogP contribution < -0.4 is 21.9 Å². The molecule has 1 amide bonds. The smallest absolute Gasteiger partial charge is 0.330 e. The molecule has 0 aliphatic heterocycles. The van der Waals surface area contributed by atoms with E-state index in [9.17, 15) is 14.4 Å². The van der Waals surface area contributed by atoms with Crippen LogP contribution in [0, 0.1) is 5.92 Å². The summed E-state index contributed by atoms with van der Waals surface area (Å²) >= 11 is 12.2. The number of nitrogens with two attached hydrogens (primary N) is 1. The van der Waals surface area contributed by atoms with E-state index < -0.39 is 17.2 Å². The van der Waals surface area contributed by atoms with Gasteiger partial charge in [-0.3, -0.25) is 19.1 Å². The monoisotopic (exact) mass is 440 g/mol. The summed E-state index contributed by atoms with van der Waals surface area (Å²) in [7, 11) is 0. The quantitative estimate of drug-likeness (QED) is 0.648. The Labute approximate surface area is 179 Å². The van der Waals surface area contributed by atoms with Crippen molar-refractivity contribution in [2.45, 2.75) is 46.6 Å². The molecule has 2 aromatic rings. The highest BCUT2D eigenvalue weighted by Crippen LogP contribution is 2.26. The summed E-state index contributed by atoms with van der Waals surface area (Å²) in [5.41, 5.74) is 5.06. The second-order valence-electron chi connectivity index (χ2n) is 7.26. The number of amides is 1. The zero-order valence-electron chi connectivity index (χ0n) is 16.8. The fourth-order valence-corrected chi connectivity index (χ4v) is 3.38. The molecule has 7 nitrogen and oxygen atoms in total. The summed E-state index contributed by atoms with van der Waals surface area (Å²) < 4.78 is 1.29. The van der Waals surface area contributed by atoms with E-state index in [1.165, 1.54) is 21.6 Å².